The summed E-state index contributed by atoms with van der Waals surface area (Å²) in [6.07, 6.45) is 3.50. The molecule has 35 heavy (non-hydrogen) atoms. The topological polar surface area (TPSA) is 95.9 Å². The number of benzene rings is 2. The van der Waals surface area contributed by atoms with Crippen LogP contribution in [-0.2, 0) is 14.3 Å². The smallest absolute Gasteiger partial charge is 0.407 e. The van der Waals surface area contributed by atoms with Gasteiger partial charge in [-0.3, -0.25) is 9.59 Å². The number of likely N-dealkylation sites (tertiary alicyclic amines) is 1. The molecule has 1 aliphatic heterocycles. The van der Waals surface area contributed by atoms with Crippen LogP contribution in [0.5, 0.6) is 0 Å². The van der Waals surface area contributed by atoms with Crippen LogP contribution in [0.1, 0.15) is 49.1 Å². The highest BCUT2D eigenvalue weighted by atomic mass is 16.5. The van der Waals surface area contributed by atoms with Crippen molar-refractivity contribution in [1.29, 1.82) is 0 Å². The molecule has 1 heterocycles. The van der Waals surface area contributed by atoms with Crippen molar-refractivity contribution in [2.24, 2.45) is 17.3 Å². The number of amides is 2. The molecule has 7 nitrogen and oxygen atoms in total. The Balaban J connectivity index is 1.13. The number of alkyl carbamates (subject to hydrolysis) is 1. The molecule has 3 fully saturated rings. The minimum absolute atomic E-state index is 0.00161. The zero-order valence-electron chi connectivity index (χ0n) is 19.6. The van der Waals surface area contributed by atoms with Crippen molar-refractivity contribution in [3.05, 3.63) is 59.7 Å². The Morgan fingerprint density at radius 3 is 2.29 bits per heavy atom. The molecule has 182 valence electrons. The number of hydrogen-bond donors (Lipinski definition) is 2. The van der Waals surface area contributed by atoms with E-state index in [1.807, 2.05) is 24.3 Å². The Hall–Kier alpha value is -3.35. The quantitative estimate of drug-likeness (QED) is 0.659. The zero-order chi connectivity index (χ0) is 24.2. The van der Waals surface area contributed by atoms with Gasteiger partial charge in [0, 0.05) is 19.0 Å². The lowest BCUT2D eigenvalue weighted by atomic mass is 9.81. The fraction of sp³-hybridized carbons (Fsp3) is 0.464. The summed E-state index contributed by atoms with van der Waals surface area (Å²) in [5.41, 5.74) is 3.77. The van der Waals surface area contributed by atoms with E-state index in [0.717, 1.165) is 47.9 Å². The number of aliphatic carboxylic acids is 1. The van der Waals surface area contributed by atoms with E-state index in [4.69, 9.17) is 4.74 Å². The van der Waals surface area contributed by atoms with E-state index in [1.165, 1.54) is 0 Å². The first kappa shape index (κ1) is 22.1. The summed E-state index contributed by atoms with van der Waals surface area (Å²) in [7, 11) is 0. The lowest BCUT2D eigenvalue weighted by Crippen LogP contribution is -2.50. The van der Waals surface area contributed by atoms with Crippen LogP contribution in [0.15, 0.2) is 48.5 Å². The highest BCUT2D eigenvalue weighted by Crippen LogP contribution is 2.49. The Morgan fingerprint density at radius 2 is 1.69 bits per heavy atom. The number of nitrogens with zero attached hydrogens (tertiary/aromatic N) is 1. The molecule has 2 saturated carbocycles. The second-order valence-corrected chi connectivity index (χ2v) is 10.6. The zero-order valence-corrected chi connectivity index (χ0v) is 19.6. The van der Waals surface area contributed by atoms with Gasteiger partial charge in [0.05, 0.1) is 5.41 Å². The molecule has 1 saturated heterocycles. The maximum absolute atomic E-state index is 13.4. The lowest BCUT2D eigenvalue weighted by Gasteiger charge is -2.26. The molecule has 0 radical (unpaired) electrons. The molecule has 2 amide bonds. The highest BCUT2D eigenvalue weighted by molar-refractivity contribution is 5.88. The standard InChI is InChI=1S/C28H30N2O5/c31-25(30-14-18-6-5-13-28(18,16-30)26(32)33)24(17-11-12-17)29-27(34)35-15-23-21-9-3-1-7-19(21)20-8-2-4-10-22(20)23/h1-4,7-10,17-18,23-24H,5-6,11-16H2,(H,29,34)(H,32,33)/t18-,24?,28-/m0/s1. The first-order valence-electron chi connectivity index (χ1n) is 12.6. The number of carboxylic acid groups (broad SMARTS) is 1. The molecule has 2 N–H and O–H groups in total. The van der Waals surface area contributed by atoms with Gasteiger partial charge in [-0.15, -0.1) is 0 Å². The van der Waals surface area contributed by atoms with Crippen molar-refractivity contribution in [2.75, 3.05) is 19.7 Å². The average molecular weight is 475 g/mol. The highest BCUT2D eigenvalue weighted by Gasteiger charge is 2.57. The van der Waals surface area contributed by atoms with E-state index >= 15 is 0 Å². The fourth-order valence-corrected chi connectivity index (χ4v) is 6.58. The minimum Gasteiger partial charge on any atom is -0.481 e. The van der Waals surface area contributed by atoms with Gasteiger partial charge in [-0.1, -0.05) is 55.0 Å². The maximum atomic E-state index is 13.4. The average Bonchev–Trinajstić information content (AvgIpc) is 3.39. The van der Waals surface area contributed by atoms with Gasteiger partial charge in [0.2, 0.25) is 5.91 Å². The van der Waals surface area contributed by atoms with Crippen molar-refractivity contribution in [1.82, 2.24) is 10.2 Å². The largest absolute Gasteiger partial charge is 0.481 e. The van der Waals surface area contributed by atoms with E-state index in [-0.39, 0.29) is 36.8 Å². The summed E-state index contributed by atoms with van der Waals surface area (Å²) in [5.74, 6) is -0.933. The number of fused-ring (bicyclic) bond motifs is 4. The number of carbonyl (C=O) groups is 3. The molecular formula is C28H30N2O5. The first-order chi connectivity index (χ1) is 17.0. The fourth-order valence-electron chi connectivity index (χ4n) is 6.58. The molecule has 6 rings (SSSR count). The van der Waals surface area contributed by atoms with Gasteiger partial charge in [-0.05, 0) is 59.8 Å². The van der Waals surface area contributed by atoms with Gasteiger partial charge in [0.15, 0.2) is 0 Å². The summed E-state index contributed by atoms with van der Waals surface area (Å²) < 4.78 is 5.68. The van der Waals surface area contributed by atoms with E-state index < -0.39 is 23.5 Å². The van der Waals surface area contributed by atoms with Gasteiger partial charge in [0.1, 0.15) is 12.6 Å². The van der Waals surface area contributed by atoms with Crippen LogP contribution in [-0.4, -0.2) is 53.7 Å². The molecule has 2 aromatic rings. The van der Waals surface area contributed by atoms with Crippen molar-refractivity contribution in [3.8, 4) is 11.1 Å². The third-order valence-corrected chi connectivity index (χ3v) is 8.58. The Bertz CT molecular complexity index is 1150. The first-order valence-corrected chi connectivity index (χ1v) is 12.6. The van der Waals surface area contributed by atoms with Crippen molar-refractivity contribution >= 4 is 18.0 Å². The van der Waals surface area contributed by atoms with E-state index in [2.05, 4.69) is 29.6 Å². The van der Waals surface area contributed by atoms with Crippen molar-refractivity contribution in [2.45, 2.75) is 44.1 Å². The molecule has 3 aliphatic carbocycles. The SMILES string of the molecule is O=C(NC(C(=O)N1C[C@@H]2CCC[C@]2(C(=O)O)C1)C1CC1)OCC1c2ccccc2-c2ccccc21. The van der Waals surface area contributed by atoms with Crippen LogP contribution < -0.4 is 5.32 Å². The summed E-state index contributed by atoms with van der Waals surface area (Å²) in [6.45, 7) is 0.890. The predicted octanol–water partition coefficient (Wildman–Crippen LogP) is 4.02. The van der Waals surface area contributed by atoms with Crippen LogP contribution in [0, 0.1) is 17.3 Å². The van der Waals surface area contributed by atoms with Gasteiger partial charge in [0.25, 0.3) is 0 Å². The molecule has 0 bridgehead atoms. The molecule has 1 unspecified atom stereocenters. The summed E-state index contributed by atoms with van der Waals surface area (Å²) in [5, 5.41) is 12.7. The van der Waals surface area contributed by atoms with E-state index in [9.17, 15) is 19.5 Å². The second-order valence-electron chi connectivity index (χ2n) is 10.6. The van der Waals surface area contributed by atoms with Crippen LogP contribution in [0.4, 0.5) is 4.79 Å². The number of nitrogens with one attached hydrogen (secondary N) is 1. The van der Waals surface area contributed by atoms with Gasteiger partial charge >= 0.3 is 12.1 Å². The molecular weight excluding hydrogens is 444 g/mol. The summed E-state index contributed by atoms with van der Waals surface area (Å²) >= 11 is 0. The van der Waals surface area contributed by atoms with Crippen molar-refractivity contribution < 1.29 is 24.2 Å². The third-order valence-electron chi connectivity index (χ3n) is 8.58. The van der Waals surface area contributed by atoms with E-state index in [0.29, 0.717) is 13.0 Å². The number of rotatable bonds is 6. The predicted molar refractivity (Wildman–Crippen MR) is 129 cm³/mol. The Morgan fingerprint density at radius 1 is 1.03 bits per heavy atom. The Kier molecular flexibility index (Phi) is 5.31. The second kappa shape index (κ2) is 8.40. The minimum atomic E-state index is -0.826. The van der Waals surface area contributed by atoms with Gasteiger partial charge in [-0.25, -0.2) is 4.79 Å². The molecule has 0 aromatic heterocycles. The number of carboxylic acids is 1. The summed E-state index contributed by atoms with van der Waals surface area (Å²) in [6, 6.07) is 15.7. The number of hydrogen-bond acceptors (Lipinski definition) is 4. The maximum Gasteiger partial charge on any atom is 0.407 e. The van der Waals surface area contributed by atoms with Crippen LogP contribution in [0.3, 0.4) is 0 Å². The Labute approximate surface area is 204 Å². The normalized spacial score (nSPS) is 25.5. The molecule has 2 aromatic carbocycles. The molecule has 7 heteroatoms. The van der Waals surface area contributed by atoms with Gasteiger partial charge < -0.3 is 20.1 Å². The van der Waals surface area contributed by atoms with Crippen LogP contribution >= 0.6 is 0 Å². The summed E-state index contributed by atoms with van der Waals surface area (Å²) in [4.78, 5) is 40.0. The molecule has 4 aliphatic rings. The molecule has 0 spiro atoms. The number of carbonyl (C=O) groups excluding carboxylic acids is 2. The monoisotopic (exact) mass is 474 g/mol. The van der Waals surface area contributed by atoms with Crippen molar-refractivity contribution in [3.63, 3.8) is 0 Å². The van der Waals surface area contributed by atoms with Crippen LogP contribution in [0.25, 0.3) is 11.1 Å². The lowest BCUT2D eigenvalue weighted by molar-refractivity contribution is -0.149. The van der Waals surface area contributed by atoms with Crippen LogP contribution in [0.2, 0.25) is 0 Å². The molecule has 3 atom stereocenters. The third kappa shape index (κ3) is 3.68. The van der Waals surface area contributed by atoms with E-state index in [1.54, 1.807) is 4.90 Å². The number of ether oxygens (including phenoxy) is 1. The van der Waals surface area contributed by atoms with Gasteiger partial charge in [-0.2, -0.15) is 0 Å².